The van der Waals surface area contributed by atoms with Gasteiger partial charge in [-0.05, 0) is 43.2 Å². The molecule has 0 saturated heterocycles. The topological polar surface area (TPSA) is 0 Å². The van der Waals surface area contributed by atoms with E-state index in [1.807, 2.05) is 0 Å². The predicted molar refractivity (Wildman–Crippen MR) is 47.5 cm³/mol. The van der Waals surface area contributed by atoms with Gasteiger partial charge in [0.25, 0.3) is 0 Å². The van der Waals surface area contributed by atoms with E-state index in [4.69, 9.17) is 0 Å². The van der Waals surface area contributed by atoms with Crippen LogP contribution in [-0.2, 0) is 6.42 Å². The summed E-state index contributed by atoms with van der Waals surface area (Å²) >= 11 is 0. The van der Waals surface area contributed by atoms with E-state index < -0.39 is 11.6 Å². The Kier molecular flexibility index (Phi) is 2.06. The number of benzene rings is 1. The lowest BCUT2D eigenvalue weighted by Gasteiger charge is -2.04. The zero-order valence-corrected chi connectivity index (χ0v) is 7.61. The van der Waals surface area contributed by atoms with Gasteiger partial charge in [0, 0.05) is 6.07 Å². The summed E-state index contributed by atoms with van der Waals surface area (Å²) in [7, 11) is 0. The largest absolute Gasteiger partial charge is 0.207 e. The summed E-state index contributed by atoms with van der Waals surface area (Å²) in [6.07, 6.45) is 3.15. The smallest absolute Gasteiger partial charge is 0.129 e. The lowest BCUT2D eigenvalue weighted by atomic mass is 10.1. The molecule has 0 bridgehead atoms. The van der Waals surface area contributed by atoms with Gasteiger partial charge >= 0.3 is 0 Å². The second kappa shape index (κ2) is 3.09. The molecule has 0 aromatic heterocycles. The van der Waals surface area contributed by atoms with E-state index in [2.05, 4.69) is 0 Å². The lowest BCUT2D eigenvalue weighted by molar-refractivity contribution is 0.562. The average Bonchev–Trinajstić information content (AvgIpc) is 2.84. The van der Waals surface area contributed by atoms with E-state index in [1.165, 1.54) is 12.8 Å². The van der Waals surface area contributed by atoms with Gasteiger partial charge in [0.1, 0.15) is 11.6 Å². The van der Waals surface area contributed by atoms with Gasteiger partial charge in [-0.15, -0.1) is 0 Å². The van der Waals surface area contributed by atoms with Gasteiger partial charge < -0.3 is 0 Å². The molecule has 0 atom stereocenters. The van der Waals surface area contributed by atoms with Crippen molar-refractivity contribution in [3.05, 3.63) is 34.9 Å². The molecule has 1 fully saturated rings. The molecular formula is C11H12F2. The molecule has 0 aliphatic heterocycles. The van der Waals surface area contributed by atoms with Crippen molar-refractivity contribution in [2.45, 2.75) is 26.2 Å². The molecule has 0 N–H and O–H groups in total. The maximum atomic E-state index is 13.2. The molecule has 13 heavy (non-hydrogen) atoms. The van der Waals surface area contributed by atoms with E-state index in [9.17, 15) is 8.78 Å². The quantitative estimate of drug-likeness (QED) is 0.658. The van der Waals surface area contributed by atoms with E-state index in [-0.39, 0.29) is 0 Å². The van der Waals surface area contributed by atoms with E-state index >= 15 is 0 Å². The van der Waals surface area contributed by atoms with Crippen molar-refractivity contribution in [3.63, 3.8) is 0 Å². The Morgan fingerprint density at radius 3 is 2.54 bits per heavy atom. The second-order valence-electron chi connectivity index (χ2n) is 3.84. The van der Waals surface area contributed by atoms with Crippen molar-refractivity contribution >= 4 is 0 Å². The highest BCUT2D eigenvalue weighted by atomic mass is 19.1. The molecule has 1 aromatic rings. The Hall–Kier alpha value is -0.920. The SMILES string of the molecule is Cc1cc(CC2CC2)c(F)cc1F. The molecule has 1 saturated carbocycles. The van der Waals surface area contributed by atoms with Gasteiger partial charge in [-0.2, -0.15) is 0 Å². The van der Waals surface area contributed by atoms with Crippen molar-refractivity contribution in [1.29, 1.82) is 0 Å². The lowest BCUT2D eigenvalue weighted by Crippen LogP contribution is -1.95. The first-order valence-electron chi connectivity index (χ1n) is 4.61. The fraction of sp³-hybridized carbons (Fsp3) is 0.455. The van der Waals surface area contributed by atoms with Crippen LogP contribution in [-0.4, -0.2) is 0 Å². The van der Waals surface area contributed by atoms with Crippen molar-refractivity contribution in [2.75, 3.05) is 0 Å². The van der Waals surface area contributed by atoms with Gasteiger partial charge in [0.15, 0.2) is 0 Å². The first-order valence-corrected chi connectivity index (χ1v) is 4.61. The molecule has 0 spiro atoms. The molecule has 0 nitrogen and oxygen atoms in total. The van der Waals surface area contributed by atoms with Gasteiger partial charge in [-0.3, -0.25) is 0 Å². The minimum absolute atomic E-state index is 0.394. The van der Waals surface area contributed by atoms with E-state index in [0.717, 1.165) is 12.5 Å². The fourth-order valence-corrected chi connectivity index (χ4v) is 1.51. The molecule has 70 valence electrons. The Morgan fingerprint density at radius 1 is 1.23 bits per heavy atom. The summed E-state index contributed by atoms with van der Waals surface area (Å²) in [5.74, 6) is -0.202. The maximum absolute atomic E-state index is 13.2. The standard InChI is InChI=1S/C11H12F2/c1-7-4-9(5-8-2-3-8)11(13)6-10(7)12/h4,6,8H,2-3,5H2,1H3. The number of hydrogen-bond acceptors (Lipinski definition) is 0. The first-order chi connectivity index (χ1) is 6.16. The van der Waals surface area contributed by atoms with Crippen molar-refractivity contribution in [1.82, 2.24) is 0 Å². The Bertz CT molecular complexity index is 327. The molecule has 2 rings (SSSR count). The normalized spacial score (nSPS) is 16.2. The molecule has 0 heterocycles. The minimum atomic E-state index is -0.447. The van der Waals surface area contributed by atoms with E-state index in [1.54, 1.807) is 13.0 Å². The van der Waals surface area contributed by atoms with Crippen molar-refractivity contribution in [2.24, 2.45) is 5.92 Å². The zero-order chi connectivity index (χ0) is 9.42. The van der Waals surface area contributed by atoms with Crippen LogP contribution in [0.25, 0.3) is 0 Å². The summed E-state index contributed by atoms with van der Waals surface area (Å²) in [4.78, 5) is 0. The highest BCUT2D eigenvalue weighted by Gasteiger charge is 2.23. The van der Waals surface area contributed by atoms with E-state index in [0.29, 0.717) is 17.0 Å². The highest BCUT2D eigenvalue weighted by Crippen LogP contribution is 2.33. The second-order valence-corrected chi connectivity index (χ2v) is 3.84. The van der Waals surface area contributed by atoms with Gasteiger partial charge in [0.05, 0.1) is 0 Å². The fourth-order valence-electron chi connectivity index (χ4n) is 1.51. The maximum Gasteiger partial charge on any atom is 0.129 e. The van der Waals surface area contributed by atoms with Crippen LogP contribution < -0.4 is 0 Å². The number of hydrogen-bond donors (Lipinski definition) is 0. The number of aryl methyl sites for hydroxylation is 1. The van der Waals surface area contributed by atoms with Crippen LogP contribution in [0.4, 0.5) is 8.78 Å². The summed E-state index contributed by atoms with van der Waals surface area (Å²) in [6.45, 7) is 1.67. The van der Waals surface area contributed by atoms with Gasteiger partial charge in [-0.25, -0.2) is 8.78 Å². The third kappa shape index (κ3) is 1.87. The van der Waals surface area contributed by atoms with Crippen molar-refractivity contribution in [3.8, 4) is 0 Å². The van der Waals surface area contributed by atoms with Crippen LogP contribution in [0.1, 0.15) is 24.0 Å². The van der Waals surface area contributed by atoms with Crippen LogP contribution in [0, 0.1) is 24.5 Å². The molecule has 2 heteroatoms. The molecule has 0 unspecified atom stereocenters. The van der Waals surface area contributed by atoms with Crippen LogP contribution in [0.2, 0.25) is 0 Å². The predicted octanol–water partition coefficient (Wildman–Crippen LogP) is 3.23. The Balaban J connectivity index is 2.27. The third-order valence-electron chi connectivity index (χ3n) is 2.53. The monoisotopic (exact) mass is 182 g/mol. The average molecular weight is 182 g/mol. The van der Waals surface area contributed by atoms with Crippen molar-refractivity contribution < 1.29 is 8.78 Å². The third-order valence-corrected chi connectivity index (χ3v) is 2.53. The number of rotatable bonds is 2. The molecule has 1 aromatic carbocycles. The molecule has 1 aliphatic carbocycles. The highest BCUT2D eigenvalue weighted by molar-refractivity contribution is 5.26. The first kappa shape index (κ1) is 8.67. The van der Waals surface area contributed by atoms with Crippen LogP contribution in [0.5, 0.6) is 0 Å². The van der Waals surface area contributed by atoms with Gasteiger partial charge in [0.2, 0.25) is 0 Å². The Morgan fingerprint density at radius 2 is 1.92 bits per heavy atom. The summed E-state index contributed by atoms with van der Waals surface area (Å²) in [6, 6.07) is 2.62. The molecular weight excluding hydrogens is 170 g/mol. The summed E-state index contributed by atoms with van der Waals surface area (Å²) < 4.78 is 26.1. The number of halogens is 2. The summed E-state index contributed by atoms with van der Waals surface area (Å²) in [5.41, 5.74) is 1.21. The molecule has 0 amide bonds. The molecule has 0 radical (unpaired) electrons. The minimum Gasteiger partial charge on any atom is -0.207 e. The van der Waals surface area contributed by atoms with Gasteiger partial charge in [-0.1, -0.05) is 6.07 Å². The zero-order valence-electron chi connectivity index (χ0n) is 7.61. The van der Waals surface area contributed by atoms with Crippen LogP contribution in [0.15, 0.2) is 12.1 Å². The summed E-state index contributed by atoms with van der Waals surface area (Å²) in [5, 5.41) is 0. The van der Waals surface area contributed by atoms with Crippen LogP contribution >= 0.6 is 0 Å². The van der Waals surface area contributed by atoms with Crippen LogP contribution in [0.3, 0.4) is 0 Å². The molecule has 1 aliphatic rings. The Labute approximate surface area is 76.6 Å².